The average molecular weight is 409 g/mol. The first-order valence-electron chi connectivity index (χ1n) is 9.89. The largest absolute Gasteiger partial charge is 0.452 e. The first-order valence-corrected chi connectivity index (χ1v) is 11.3. The first kappa shape index (κ1) is 20.8. The van der Waals surface area contributed by atoms with Crippen molar-refractivity contribution >= 4 is 21.9 Å². The van der Waals surface area contributed by atoms with Gasteiger partial charge in [0.05, 0.1) is 10.5 Å². The number of rotatable bonds is 5. The van der Waals surface area contributed by atoms with Crippen LogP contribution >= 0.6 is 0 Å². The summed E-state index contributed by atoms with van der Waals surface area (Å²) in [5.41, 5.74) is 0.132. The Bertz CT molecular complexity index is 823. The van der Waals surface area contributed by atoms with Gasteiger partial charge in [-0.3, -0.25) is 4.79 Å². The fourth-order valence-corrected chi connectivity index (χ4v) is 5.62. The van der Waals surface area contributed by atoms with E-state index in [4.69, 9.17) is 4.74 Å². The highest BCUT2D eigenvalue weighted by Crippen LogP contribution is 2.23. The van der Waals surface area contributed by atoms with E-state index in [0.717, 1.165) is 32.1 Å². The topological polar surface area (TPSA) is 84.0 Å². The van der Waals surface area contributed by atoms with Gasteiger partial charge in [0, 0.05) is 25.2 Å². The third kappa shape index (κ3) is 4.38. The van der Waals surface area contributed by atoms with Gasteiger partial charge in [-0.05, 0) is 64.2 Å². The number of piperidine rings is 1. The molecule has 3 rings (SSSR count). The molecule has 0 unspecified atom stereocenters. The lowest BCUT2D eigenvalue weighted by atomic mass is 9.97. The Morgan fingerprint density at radius 2 is 1.71 bits per heavy atom. The molecule has 2 saturated heterocycles. The van der Waals surface area contributed by atoms with Crippen molar-refractivity contribution in [3.63, 3.8) is 0 Å². The molecule has 2 fully saturated rings. The highest BCUT2D eigenvalue weighted by atomic mass is 32.2. The van der Waals surface area contributed by atoms with Crippen molar-refractivity contribution < 1.29 is 22.7 Å². The molecule has 28 heavy (non-hydrogen) atoms. The number of esters is 1. The highest BCUT2D eigenvalue weighted by Gasteiger charge is 2.30. The van der Waals surface area contributed by atoms with Gasteiger partial charge in [0.2, 0.25) is 10.0 Å². The summed E-state index contributed by atoms with van der Waals surface area (Å²) < 4.78 is 32.0. The third-order valence-corrected chi connectivity index (χ3v) is 7.48. The van der Waals surface area contributed by atoms with E-state index in [2.05, 4.69) is 0 Å². The molecule has 0 saturated carbocycles. The van der Waals surface area contributed by atoms with E-state index in [1.807, 2.05) is 13.8 Å². The summed E-state index contributed by atoms with van der Waals surface area (Å²) >= 11 is 0. The van der Waals surface area contributed by atoms with Crippen LogP contribution in [0.1, 0.15) is 56.3 Å². The van der Waals surface area contributed by atoms with E-state index in [-0.39, 0.29) is 35.1 Å². The van der Waals surface area contributed by atoms with Crippen LogP contribution in [0.15, 0.2) is 29.2 Å². The van der Waals surface area contributed by atoms with Crippen molar-refractivity contribution in [3.05, 3.63) is 29.8 Å². The first-order chi connectivity index (χ1) is 13.3. The number of hydrogen-bond donors (Lipinski definition) is 0. The van der Waals surface area contributed by atoms with Gasteiger partial charge in [-0.15, -0.1) is 0 Å². The summed E-state index contributed by atoms with van der Waals surface area (Å²) in [6.07, 6.45) is 4.66. The van der Waals surface area contributed by atoms with Crippen LogP contribution in [0.4, 0.5) is 0 Å². The molecule has 1 aromatic rings. The molecular formula is C20H28N2O5S. The van der Waals surface area contributed by atoms with Crippen LogP contribution in [0, 0.1) is 0 Å². The predicted octanol–water partition coefficient (Wildman–Crippen LogP) is 2.42. The molecular weight excluding hydrogens is 380 g/mol. The monoisotopic (exact) mass is 408 g/mol. The molecule has 0 aliphatic carbocycles. The minimum atomic E-state index is -3.61. The van der Waals surface area contributed by atoms with E-state index < -0.39 is 16.0 Å². The summed E-state index contributed by atoms with van der Waals surface area (Å²) in [5.74, 6) is -0.905. The van der Waals surface area contributed by atoms with Gasteiger partial charge in [0.25, 0.3) is 5.91 Å². The van der Waals surface area contributed by atoms with Crippen LogP contribution in [0.2, 0.25) is 0 Å². The van der Waals surface area contributed by atoms with Crippen molar-refractivity contribution in [3.8, 4) is 0 Å². The normalized spacial score (nSPS) is 23.6. The fourth-order valence-electron chi connectivity index (χ4n) is 4.06. The minimum absolute atomic E-state index is 0.0773. The molecule has 8 heteroatoms. The number of amides is 1. The zero-order valence-electron chi connectivity index (χ0n) is 16.5. The van der Waals surface area contributed by atoms with Crippen LogP contribution in [-0.4, -0.2) is 61.3 Å². The second kappa shape index (κ2) is 8.61. The van der Waals surface area contributed by atoms with Gasteiger partial charge in [-0.25, -0.2) is 13.2 Å². The Morgan fingerprint density at radius 3 is 2.36 bits per heavy atom. The van der Waals surface area contributed by atoms with Gasteiger partial charge in [0.1, 0.15) is 0 Å². The second-order valence-corrected chi connectivity index (χ2v) is 9.58. The number of likely N-dealkylation sites (tertiary alicyclic amines) is 1. The summed E-state index contributed by atoms with van der Waals surface area (Å²) in [6, 6.07) is 6.09. The number of hydrogen-bond acceptors (Lipinski definition) is 5. The molecule has 1 amide bonds. The van der Waals surface area contributed by atoms with Gasteiger partial charge < -0.3 is 9.64 Å². The molecule has 2 heterocycles. The maximum atomic E-state index is 12.7. The molecule has 0 radical (unpaired) electrons. The molecule has 0 N–H and O–H groups in total. The molecule has 1 aromatic carbocycles. The zero-order valence-corrected chi connectivity index (χ0v) is 17.3. The number of sulfonamides is 1. The molecule has 154 valence electrons. The van der Waals surface area contributed by atoms with Crippen molar-refractivity contribution in [1.82, 2.24) is 9.21 Å². The third-order valence-electron chi connectivity index (χ3n) is 5.58. The Labute approximate surface area is 166 Å². The Hall–Kier alpha value is -1.93. The predicted molar refractivity (Wildman–Crippen MR) is 104 cm³/mol. The van der Waals surface area contributed by atoms with Crippen molar-refractivity contribution in [2.75, 3.05) is 19.7 Å². The SMILES string of the molecule is C[C@H]1CCC[C@H](C)N1C(=O)COC(=O)c1cccc(S(=O)(=O)N2CCCC2)c1. The lowest BCUT2D eigenvalue weighted by Gasteiger charge is -2.38. The van der Waals surface area contributed by atoms with E-state index in [0.29, 0.717) is 13.1 Å². The maximum absolute atomic E-state index is 12.7. The van der Waals surface area contributed by atoms with Crippen LogP contribution in [0.5, 0.6) is 0 Å². The van der Waals surface area contributed by atoms with Crippen LogP contribution < -0.4 is 0 Å². The smallest absolute Gasteiger partial charge is 0.338 e. The molecule has 2 atom stereocenters. The number of carbonyl (C=O) groups is 2. The second-order valence-electron chi connectivity index (χ2n) is 7.65. The Kier molecular flexibility index (Phi) is 6.40. The molecule has 0 aromatic heterocycles. The molecule has 0 spiro atoms. The van der Waals surface area contributed by atoms with Gasteiger partial charge in [-0.1, -0.05) is 6.07 Å². The molecule has 0 bridgehead atoms. The van der Waals surface area contributed by atoms with Crippen molar-refractivity contribution in [1.29, 1.82) is 0 Å². The molecule has 2 aliphatic heterocycles. The van der Waals surface area contributed by atoms with Crippen LogP contribution in [0.25, 0.3) is 0 Å². The fraction of sp³-hybridized carbons (Fsp3) is 0.600. The average Bonchev–Trinajstić information content (AvgIpc) is 3.22. The number of nitrogens with zero attached hydrogens (tertiary/aromatic N) is 2. The zero-order chi connectivity index (χ0) is 20.3. The van der Waals surface area contributed by atoms with E-state index in [1.54, 1.807) is 4.90 Å². The summed E-state index contributed by atoms with van der Waals surface area (Å²) in [6.45, 7) is 4.66. The minimum Gasteiger partial charge on any atom is -0.452 e. The summed E-state index contributed by atoms with van der Waals surface area (Å²) in [4.78, 5) is 26.8. The van der Waals surface area contributed by atoms with E-state index in [1.165, 1.54) is 28.6 Å². The highest BCUT2D eigenvalue weighted by molar-refractivity contribution is 7.89. The number of ether oxygens (including phenoxy) is 1. The van der Waals surface area contributed by atoms with Gasteiger partial charge in [0.15, 0.2) is 6.61 Å². The Balaban J connectivity index is 1.65. The molecule has 7 nitrogen and oxygen atoms in total. The number of carbonyl (C=O) groups excluding carboxylic acids is 2. The Morgan fingerprint density at radius 1 is 1.07 bits per heavy atom. The van der Waals surface area contributed by atoms with Gasteiger partial charge in [-0.2, -0.15) is 4.31 Å². The molecule has 2 aliphatic rings. The standard InChI is InChI=1S/C20H28N2O5S/c1-15-7-5-8-16(2)22(15)19(23)14-27-20(24)17-9-6-10-18(13-17)28(25,26)21-11-3-4-12-21/h6,9-10,13,15-16H,3-5,7-8,11-12,14H2,1-2H3/t15-,16-/m0/s1. The summed E-state index contributed by atoms with van der Waals surface area (Å²) in [7, 11) is -3.61. The lowest BCUT2D eigenvalue weighted by molar-refractivity contribution is -0.140. The maximum Gasteiger partial charge on any atom is 0.338 e. The summed E-state index contributed by atoms with van der Waals surface area (Å²) in [5, 5.41) is 0. The van der Waals surface area contributed by atoms with Crippen LogP contribution in [-0.2, 0) is 19.6 Å². The van der Waals surface area contributed by atoms with Crippen LogP contribution in [0.3, 0.4) is 0 Å². The van der Waals surface area contributed by atoms with Crippen molar-refractivity contribution in [2.24, 2.45) is 0 Å². The van der Waals surface area contributed by atoms with Crippen molar-refractivity contribution in [2.45, 2.75) is 62.9 Å². The van der Waals surface area contributed by atoms with E-state index in [9.17, 15) is 18.0 Å². The quantitative estimate of drug-likeness (QED) is 0.699. The van der Waals surface area contributed by atoms with Gasteiger partial charge >= 0.3 is 5.97 Å². The lowest BCUT2D eigenvalue weighted by Crippen LogP contribution is -2.49. The van der Waals surface area contributed by atoms with E-state index >= 15 is 0 Å². The number of benzene rings is 1.